The Labute approximate surface area is 173 Å². The molecule has 1 aliphatic heterocycles. The first-order chi connectivity index (χ1) is 13.4. The lowest BCUT2D eigenvalue weighted by Crippen LogP contribution is -2.22. The minimum atomic E-state index is -3.41. The van der Waals surface area contributed by atoms with Gasteiger partial charge in [-0.15, -0.1) is 0 Å². The number of carbonyl (C=O) groups excluding carboxylic acids is 1. The second kappa shape index (κ2) is 9.21. The van der Waals surface area contributed by atoms with Crippen molar-refractivity contribution in [2.24, 2.45) is 0 Å². The van der Waals surface area contributed by atoms with E-state index in [2.05, 4.69) is 15.6 Å². The van der Waals surface area contributed by atoms with Crippen LogP contribution >= 0.6 is 22.9 Å². The quantitative estimate of drug-likeness (QED) is 0.663. The largest absolute Gasteiger partial charge is 0.373 e. The molecule has 1 aromatic heterocycles. The van der Waals surface area contributed by atoms with Crippen LogP contribution in [0, 0.1) is 0 Å². The predicted molar refractivity (Wildman–Crippen MR) is 111 cm³/mol. The summed E-state index contributed by atoms with van der Waals surface area (Å²) >= 11 is 6.97. The highest BCUT2D eigenvalue weighted by Gasteiger charge is 2.23. The van der Waals surface area contributed by atoms with Gasteiger partial charge in [-0.05, 0) is 37.8 Å². The molecule has 0 radical (unpaired) electrons. The summed E-state index contributed by atoms with van der Waals surface area (Å²) in [7, 11) is -3.41. The average molecular weight is 444 g/mol. The third-order valence-electron chi connectivity index (χ3n) is 4.33. The Balaban J connectivity index is 1.88. The lowest BCUT2D eigenvalue weighted by atomic mass is 10.00. The van der Waals surface area contributed by atoms with E-state index in [0.717, 1.165) is 36.2 Å². The van der Waals surface area contributed by atoms with Gasteiger partial charge in [0.15, 0.2) is 15.0 Å². The van der Waals surface area contributed by atoms with E-state index in [4.69, 9.17) is 16.3 Å². The molecule has 3 rings (SSSR count). The highest BCUT2D eigenvalue weighted by Crippen LogP contribution is 2.34. The fraction of sp³-hybridized carbons (Fsp3) is 0.444. The monoisotopic (exact) mass is 443 g/mol. The van der Waals surface area contributed by atoms with Crippen molar-refractivity contribution in [2.75, 3.05) is 23.0 Å². The molecule has 0 aliphatic carbocycles. The Morgan fingerprint density at radius 2 is 2.18 bits per heavy atom. The Morgan fingerprint density at radius 1 is 1.36 bits per heavy atom. The zero-order valence-corrected chi connectivity index (χ0v) is 17.8. The van der Waals surface area contributed by atoms with Crippen LogP contribution in [0.1, 0.15) is 44.3 Å². The van der Waals surface area contributed by atoms with Crippen LogP contribution in [0.2, 0.25) is 4.34 Å². The zero-order valence-electron chi connectivity index (χ0n) is 15.4. The number of thiazole rings is 1. The van der Waals surface area contributed by atoms with E-state index in [0.29, 0.717) is 28.2 Å². The smallest absolute Gasteiger partial charge is 0.325 e. The van der Waals surface area contributed by atoms with Crippen LogP contribution in [-0.4, -0.2) is 31.8 Å². The number of carbonyl (C=O) groups is 1. The molecule has 0 bridgehead atoms. The van der Waals surface area contributed by atoms with Crippen LogP contribution < -0.4 is 10.6 Å². The number of anilines is 2. The van der Waals surface area contributed by atoms with Gasteiger partial charge in [0, 0.05) is 17.9 Å². The van der Waals surface area contributed by atoms with Crippen molar-refractivity contribution >= 4 is 49.6 Å². The second-order valence-electron chi connectivity index (χ2n) is 6.47. The number of hydrogen-bond donors (Lipinski definition) is 2. The minimum Gasteiger partial charge on any atom is -0.373 e. The molecule has 2 N–H and O–H groups in total. The fourth-order valence-corrected chi connectivity index (χ4v) is 5.21. The van der Waals surface area contributed by atoms with Crippen molar-refractivity contribution in [3.8, 4) is 0 Å². The van der Waals surface area contributed by atoms with Crippen LogP contribution in [0.25, 0.3) is 0 Å². The maximum atomic E-state index is 12.5. The maximum absolute atomic E-state index is 12.5. The average Bonchev–Trinajstić information content (AvgIpc) is 3.07. The molecular formula is C18H22ClN3O4S2. The number of benzene rings is 1. The van der Waals surface area contributed by atoms with Gasteiger partial charge < -0.3 is 10.1 Å². The van der Waals surface area contributed by atoms with E-state index in [1.165, 1.54) is 12.3 Å². The van der Waals surface area contributed by atoms with Crippen molar-refractivity contribution in [1.82, 2.24) is 4.98 Å². The lowest BCUT2D eigenvalue weighted by molar-refractivity contribution is 0.0154. The van der Waals surface area contributed by atoms with Crippen LogP contribution in [0.5, 0.6) is 0 Å². The Hall–Kier alpha value is -1.68. The molecule has 2 heterocycles. The summed E-state index contributed by atoms with van der Waals surface area (Å²) in [5.74, 6) is 0.0511. The molecule has 2 aromatic rings. The first-order valence-electron chi connectivity index (χ1n) is 9.06. The van der Waals surface area contributed by atoms with Crippen molar-refractivity contribution in [1.29, 1.82) is 0 Å². The molecule has 0 saturated carbocycles. The summed E-state index contributed by atoms with van der Waals surface area (Å²) in [5, 5.41) is 5.71. The van der Waals surface area contributed by atoms with E-state index >= 15 is 0 Å². The van der Waals surface area contributed by atoms with E-state index in [1.807, 2.05) is 6.92 Å². The standard InChI is InChI=1S/C18H22ClN3O4S2/c1-2-9-28(24,25)12-6-7-13(15-5-3-4-8-26-15)14(10-12)21-17(23)22-18-20-11-16(19)27-18/h6-7,10-11,15H,2-5,8-9H2,1H3,(H2,20,21,22,23). The van der Waals surface area contributed by atoms with Gasteiger partial charge in [-0.3, -0.25) is 5.32 Å². The van der Waals surface area contributed by atoms with E-state index < -0.39 is 15.9 Å². The summed E-state index contributed by atoms with van der Waals surface area (Å²) in [6.45, 7) is 2.46. The molecule has 28 heavy (non-hydrogen) atoms. The lowest BCUT2D eigenvalue weighted by Gasteiger charge is -2.25. The number of halogens is 1. The Bertz CT molecular complexity index is 940. The molecule has 1 aliphatic rings. The number of rotatable bonds is 6. The van der Waals surface area contributed by atoms with E-state index in [-0.39, 0.29) is 16.8 Å². The Morgan fingerprint density at radius 3 is 2.82 bits per heavy atom. The van der Waals surface area contributed by atoms with Crippen LogP contribution in [0.4, 0.5) is 15.6 Å². The summed E-state index contributed by atoms with van der Waals surface area (Å²) in [6, 6.07) is 4.30. The van der Waals surface area contributed by atoms with Crippen molar-refractivity contribution in [3.63, 3.8) is 0 Å². The van der Waals surface area contributed by atoms with Gasteiger partial charge in [-0.2, -0.15) is 0 Å². The van der Waals surface area contributed by atoms with Crippen LogP contribution in [0.15, 0.2) is 29.3 Å². The normalized spacial score (nSPS) is 17.3. The number of ether oxygens (including phenoxy) is 1. The first-order valence-corrected chi connectivity index (χ1v) is 11.9. The molecule has 1 fully saturated rings. The molecule has 10 heteroatoms. The van der Waals surface area contributed by atoms with Crippen LogP contribution in [-0.2, 0) is 14.6 Å². The second-order valence-corrected chi connectivity index (χ2v) is 10.2. The number of aromatic nitrogens is 1. The third kappa shape index (κ3) is 5.22. The van der Waals surface area contributed by atoms with Gasteiger partial charge in [0.25, 0.3) is 0 Å². The SMILES string of the molecule is CCCS(=O)(=O)c1ccc(C2CCCCO2)c(NC(=O)Nc2ncc(Cl)s2)c1. The highest BCUT2D eigenvalue weighted by atomic mass is 35.5. The van der Waals surface area contributed by atoms with Gasteiger partial charge in [0.1, 0.15) is 4.34 Å². The first kappa shape index (κ1) is 21.0. The van der Waals surface area contributed by atoms with E-state index in [9.17, 15) is 13.2 Å². The number of nitrogens with one attached hydrogen (secondary N) is 2. The minimum absolute atomic E-state index is 0.0511. The van der Waals surface area contributed by atoms with Gasteiger partial charge in [0.05, 0.1) is 22.9 Å². The predicted octanol–water partition coefficient (Wildman–Crippen LogP) is 4.87. The van der Waals surface area contributed by atoms with Gasteiger partial charge in [0.2, 0.25) is 0 Å². The maximum Gasteiger partial charge on any atom is 0.325 e. The molecule has 1 atom stereocenters. The topological polar surface area (TPSA) is 97.4 Å². The summed E-state index contributed by atoms with van der Waals surface area (Å²) in [5.41, 5.74) is 1.19. The Kier molecular flexibility index (Phi) is 6.92. The number of amides is 2. The van der Waals surface area contributed by atoms with Gasteiger partial charge >= 0.3 is 6.03 Å². The molecule has 1 saturated heterocycles. The summed E-state index contributed by atoms with van der Waals surface area (Å²) in [6.07, 6.45) is 4.61. The highest BCUT2D eigenvalue weighted by molar-refractivity contribution is 7.91. The number of hydrogen-bond acceptors (Lipinski definition) is 6. The summed E-state index contributed by atoms with van der Waals surface area (Å²) in [4.78, 5) is 16.6. The molecule has 152 valence electrons. The molecule has 1 aromatic carbocycles. The molecule has 0 spiro atoms. The summed E-state index contributed by atoms with van der Waals surface area (Å²) < 4.78 is 31.2. The number of urea groups is 1. The van der Waals surface area contributed by atoms with E-state index in [1.54, 1.807) is 12.1 Å². The molecule has 1 unspecified atom stereocenters. The van der Waals surface area contributed by atoms with Crippen molar-refractivity contribution in [2.45, 2.75) is 43.6 Å². The number of sulfone groups is 1. The zero-order chi connectivity index (χ0) is 20.1. The molecular weight excluding hydrogens is 422 g/mol. The molecule has 2 amide bonds. The fourth-order valence-electron chi connectivity index (χ4n) is 3.05. The van der Waals surface area contributed by atoms with Gasteiger partial charge in [-0.1, -0.05) is 35.9 Å². The third-order valence-corrected chi connectivity index (χ3v) is 7.28. The number of nitrogens with zero attached hydrogens (tertiary/aromatic N) is 1. The molecule has 7 nitrogen and oxygen atoms in total. The van der Waals surface area contributed by atoms with Crippen molar-refractivity contribution < 1.29 is 17.9 Å². The van der Waals surface area contributed by atoms with Crippen LogP contribution in [0.3, 0.4) is 0 Å². The van der Waals surface area contributed by atoms with Crippen molar-refractivity contribution in [3.05, 3.63) is 34.3 Å². The van der Waals surface area contributed by atoms with Gasteiger partial charge in [-0.25, -0.2) is 18.2 Å².